The Balaban J connectivity index is 4.53. The molecule has 0 saturated carbocycles. The highest BCUT2D eigenvalue weighted by Gasteiger charge is 2.35. The normalized spacial score (nSPS) is 16.2. The minimum Gasteiger partial charge on any atom is -0.0649 e. The predicted octanol–water partition coefficient (Wildman–Crippen LogP) is 4.31. The van der Waals surface area contributed by atoms with Gasteiger partial charge in [0, 0.05) is 0 Å². The van der Waals surface area contributed by atoms with Crippen molar-refractivity contribution in [2.75, 3.05) is 0 Å². The molecule has 12 heavy (non-hydrogen) atoms. The van der Waals surface area contributed by atoms with Crippen LogP contribution in [0.1, 0.15) is 54.4 Å². The summed E-state index contributed by atoms with van der Waals surface area (Å²) in [6.07, 6.45) is 2.51. The fourth-order valence-electron chi connectivity index (χ4n) is 1.81. The molecule has 0 aliphatic rings. The minimum atomic E-state index is 0.195. The fraction of sp³-hybridized carbons (Fsp3) is 0.917. The van der Waals surface area contributed by atoms with Crippen LogP contribution in [0.15, 0.2) is 0 Å². The highest BCUT2D eigenvalue weighted by Crippen LogP contribution is 2.43. The van der Waals surface area contributed by atoms with E-state index in [2.05, 4.69) is 48.5 Å². The summed E-state index contributed by atoms with van der Waals surface area (Å²) in [6.45, 7) is 18.0. The molecule has 0 nitrogen and oxygen atoms in total. The average molecular weight is 169 g/mol. The molecule has 0 bridgehead atoms. The summed E-state index contributed by atoms with van der Waals surface area (Å²) in [5, 5.41) is 0. The van der Waals surface area contributed by atoms with Crippen LogP contribution in [-0.2, 0) is 0 Å². The smallest absolute Gasteiger partial charge is 0.0300 e. The minimum absolute atomic E-state index is 0.195. The summed E-state index contributed by atoms with van der Waals surface area (Å²) < 4.78 is 0. The van der Waals surface area contributed by atoms with Gasteiger partial charge in [-0.2, -0.15) is 0 Å². The molecule has 0 amide bonds. The van der Waals surface area contributed by atoms with Gasteiger partial charge in [-0.1, -0.05) is 54.4 Å². The maximum absolute atomic E-state index is 4.23. The van der Waals surface area contributed by atoms with Gasteiger partial charge in [0.2, 0.25) is 0 Å². The molecule has 1 unspecified atom stereocenters. The summed E-state index contributed by atoms with van der Waals surface area (Å²) in [6, 6.07) is 0. The third kappa shape index (κ3) is 2.50. The molecule has 1 atom stereocenters. The molecule has 1 radical (unpaired) electrons. The molecule has 0 aromatic rings. The summed E-state index contributed by atoms with van der Waals surface area (Å²) >= 11 is 0. The van der Waals surface area contributed by atoms with E-state index in [4.69, 9.17) is 0 Å². The monoisotopic (exact) mass is 169 g/mol. The van der Waals surface area contributed by atoms with Gasteiger partial charge >= 0.3 is 0 Å². The Morgan fingerprint density at radius 3 is 1.50 bits per heavy atom. The standard InChI is InChI=1S/C12H25/c1-8-12(7,9-2)10(3)11(4,5)6/h10H,4,8-9H2,1-3,5-7H3. The lowest BCUT2D eigenvalue weighted by atomic mass is 9.63. The fourth-order valence-corrected chi connectivity index (χ4v) is 1.81. The Labute approximate surface area is 78.8 Å². The quantitative estimate of drug-likeness (QED) is 0.588. The highest BCUT2D eigenvalue weighted by atomic mass is 14.4. The van der Waals surface area contributed by atoms with Crippen molar-refractivity contribution in [1.82, 2.24) is 0 Å². The molecule has 0 N–H and O–H groups in total. The van der Waals surface area contributed by atoms with Crippen LogP contribution in [0.25, 0.3) is 0 Å². The van der Waals surface area contributed by atoms with E-state index in [-0.39, 0.29) is 5.41 Å². The zero-order valence-corrected chi connectivity index (χ0v) is 9.70. The number of hydrogen-bond donors (Lipinski definition) is 0. The molecule has 0 aliphatic heterocycles. The van der Waals surface area contributed by atoms with Gasteiger partial charge in [0.05, 0.1) is 0 Å². The van der Waals surface area contributed by atoms with Crippen LogP contribution in [0.4, 0.5) is 0 Å². The topological polar surface area (TPSA) is 0 Å². The van der Waals surface area contributed by atoms with E-state index in [1.54, 1.807) is 0 Å². The van der Waals surface area contributed by atoms with Crippen LogP contribution in [0.2, 0.25) is 0 Å². The molecule has 0 heterocycles. The van der Waals surface area contributed by atoms with Crippen molar-refractivity contribution < 1.29 is 0 Å². The van der Waals surface area contributed by atoms with Gasteiger partial charge in [0.25, 0.3) is 0 Å². The van der Waals surface area contributed by atoms with Crippen LogP contribution in [0.5, 0.6) is 0 Å². The van der Waals surface area contributed by atoms with Crippen molar-refractivity contribution in [3.63, 3.8) is 0 Å². The van der Waals surface area contributed by atoms with Gasteiger partial charge in [-0.3, -0.25) is 0 Å². The van der Waals surface area contributed by atoms with E-state index in [1.807, 2.05) is 0 Å². The first-order valence-corrected chi connectivity index (χ1v) is 5.13. The third-order valence-electron chi connectivity index (χ3n) is 3.83. The van der Waals surface area contributed by atoms with Crippen molar-refractivity contribution in [3.8, 4) is 0 Å². The molecule has 0 aliphatic carbocycles. The van der Waals surface area contributed by atoms with Crippen molar-refractivity contribution in [2.24, 2.45) is 16.7 Å². The van der Waals surface area contributed by atoms with E-state index in [1.165, 1.54) is 12.8 Å². The van der Waals surface area contributed by atoms with Gasteiger partial charge < -0.3 is 0 Å². The average Bonchev–Trinajstić information content (AvgIpc) is 2.00. The number of rotatable bonds is 4. The van der Waals surface area contributed by atoms with Crippen molar-refractivity contribution >= 4 is 0 Å². The Hall–Kier alpha value is 0. The lowest BCUT2D eigenvalue weighted by molar-refractivity contribution is 0.0951. The largest absolute Gasteiger partial charge is 0.0649 e. The van der Waals surface area contributed by atoms with Crippen LogP contribution >= 0.6 is 0 Å². The number of hydrogen-bond acceptors (Lipinski definition) is 0. The second kappa shape index (κ2) is 3.81. The molecule has 0 rings (SSSR count). The molecule has 0 aromatic heterocycles. The molecule has 0 fully saturated rings. The maximum Gasteiger partial charge on any atom is -0.0300 e. The first-order valence-electron chi connectivity index (χ1n) is 5.13. The molecular weight excluding hydrogens is 144 g/mol. The second-order valence-electron chi connectivity index (χ2n) is 5.07. The van der Waals surface area contributed by atoms with Gasteiger partial charge in [-0.15, -0.1) is 0 Å². The first-order chi connectivity index (χ1) is 5.28. The zero-order valence-electron chi connectivity index (χ0n) is 9.70. The van der Waals surface area contributed by atoms with Crippen LogP contribution in [-0.4, -0.2) is 0 Å². The Kier molecular flexibility index (Phi) is 3.81. The van der Waals surface area contributed by atoms with E-state index < -0.39 is 0 Å². The molecule has 0 heteroatoms. The summed E-state index contributed by atoms with van der Waals surface area (Å²) in [5.74, 6) is 0.681. The first kappa shape index (κ1) is 12.0. The lowest BCUT2D eigenvalue weighted by Gasteiger charge is -2.42. The van der Waals surface area contributed by atoms with Crippen molar-refractivity contribution in [3.05, 3.63) is 6.92 Å². The van der Waals surface area contributed by atoms with Crippen molar-refractivity contribution in [2.45, 2.75) is 54.4 Å². The lowest BCUT2D eigenvalue weighted by Crippen LogP contribution is -2.33. The van der Waals surface area contributed by atoms with E-state index in [0.717, 1.165) is 0 Å². The maximum atomic E-state index is 4.23. The molecule has 73 valence electrons. The zero-order chi connectivity index (χ0) is 9.99. The molecule has 0 saturated heterocycles. The summed E-state index contributed by atoms with van der Waals surface area (Å²) in [7, 11) is 0. The Morgan fingerprint density at radius 2 is 1.42 bits per heavy atom. The van der Waals surface area contributed by atoms with Gasteiger partial charge in [-0.05, 0) is 23.7 Å². The van der Waals surface area contributed by atoms with Crippen LogP contribution < -0.4 is 0 Å². The van der Waals surface area contributed by atoms with Gasteiger partial charge in [-0.25, -0.2) is 0 Å². The summed E-state index contributed by atoms with van der Waals surface area (Å²) in [5.41, 5.74) is 0.659. The van der Waals surface area contributed by atoms with E-state index >= 15 is 0 Å². The van der Waals surface area contributed by atoms with Crippen LogP contribution in [0, 0.1) is 23.7 Å². The SMILES string of the molecule is [CH2]C(C)(C)C(C)C(C)(CC)CC. The Morgan fingerprint density at radius 1 is 1.08 bits per heavy atom. The van der Waals surface area contributed by atoms with E-state index in [9.17, 15) is 0 Å². The predicted molar refractivity (Wildman–Crippen MR) is 57.0 cm³/mol. The molecule has 0 spiro atoms. The Bertz CT molecular complexity index is 123. The molecular formula is C12H25. The second-order valence-corrected chi connectivity index (χ2v) is 5.07. The molecule has 0 aromatic carbocycles. The van der Waals surface area contributed by atoms with Gasteiger partial charge in [0.15, 0.2) is 0 Å². The summed E-state index contributed by atoms with van der Waals surface area (Å²) in [4.78, 5) is 0. The van der Waals surface area contributed by atoms with Crippen molar-refractivity contribution in [1.29, 1.82) is 0 Å². The van der Waals surface area contributed by atoms with E-state index in [0.29, 0.717) is 11.3 Å². The third-order valence-corrected chi connectivity index (χ3v) is 3.83. The van der Waals surface area contributed by atoms with Crippen LogP contribution in [0.3, 0.4) is 0 Å². The highest BCUT2D eigenvalue weighted by molar-refractivity contribution is 4.88. The van der Waals surface area contributed by atoms with Gasteiger partial charge in [0.1, 0.15) is 0 Å².